The fourth-order valence-electron chi connectivity index (χ4n) is 10.3. The molecule has 0 fully saturated rings. The van der Waals surface area contributed by atoms with E-state index >= 15 is 0 Å². The van der Waals surface area contributed by atoms with E-state index in [2.05, 4.69) is 55.4 Å². The number of carbonyl (C=O) groups excluding carboxylic acids is 4. The van der Waals surface area contributed by atoms with Crippen LogP contribution in [-0.4, -0.2) is 96.7 Å². The van der Waals surface area contributed by atoms with Gasteiger partial charge in [0.25, 0.3) is 0 Å². The molecular formula is C69H134O17P2. The number of phosphoric acid groups is 2. The van der Waals surface area contributed by atoms with Gasteiger partial charge in [0.15, 0.2) is 12.2 Å². The van der Waals surface area contributed by atoms with Crippen LogP contribution < -0.4 is 0 Å². The number of unbranched alkanes of at least 4 members (excludes halogenated alkanes) is 31. The fourth-order valence-corrected chi connectivity index (χ4v) is 11.9. The molecule has 0 radical (unpaired) electrons. The summed E-state index contributed by atoms with van der Waals surface area (Å²) in [5.41, 5.74) is 0. The van der Waals surface area contributed by atoms with Gasteiger partial charge in [0.1, 0.15) is 19.3 Å². The van der Waals surface area contributed by atoms with E-state index in [-0.39, 0.29) is 25.7 Å². The highest BCUT2D eigenvalue weighted by Gasteiger charge is 2.30. The van der Waals surface area contributed by atoms with E-state index in [1.165, 1.54) is 128 Å². The monoisotopic (exact) mass is 1300 g/mol. The van der Waals surface area contributed by atoms with Crippen LogP contribution in [0.1, 0.15) is 338 Å². The highest BCUT2D eigenvalue weighted by Crippen LogP contribution is 2.45. The number of phosphoric ester groups is 2. The van der Waals surface area contributed by atoms with Crippen molar-refractivity contribution in [1.29, 1.82) is 0 Å². The Morgan fingerprint density at radius 3 is 0.807 bits per heavy atom. The van der Waals surface area contributed by atoms with E-state index in [4.69, 9.17) is 37.0 Å². The number of aliphatic hydroxyl groups is 1. The van der Waals surface area contributed by atoms with Gasteiger partial charge in [-0.05, 0) is 49.4 Å². The molecule has 0 aliphatic heterocycles. The van der Waals surface area contributed by atoms with Crippen LogP contribution in [0.15, 0.2) is 0 Å². The van der Waals surface area contributed by atoms with Crippen molar-refractivity contribution in [2.75, 3.05) is 39.6 Å². The first-order valence-corrected chi connectivity index (χ1v) is 38.7. The van der Waals surface area contributed by atoms with Gasteiger partial charge in [-0.3, -0.25) is 37.3 Å². The topological polar surface area (TPSA) is 237 Å². The molecule has 0 rings (SSSR count). The van der Waals surface area contributed by atoms with E-state index in [1.54, 1.807) is 0 Å². The van der Waals surface area contributed by atoms with Crippen molar-refractivity contribution >= 4 is 39.5 Å². The van der Waals surface area contributed by atoms with Crippen molar-refractivity contribution in [3.05, 3.63) is 0 Å². The Labute approximate surface area is 537 Å². The lowest BCUT2D eigenvalue weighted by Gasteiger charge is -2.21. The molecule has 0 aliphatic carbocycles. The summed E-state index contributed by atoms with van der Waals surface area (Å²) in [6.07, 6.45) is 40.6. The minimum Gasteiger partial charge on any atom is -0.462 e. The first kappa shape index (κ1) is 86.1. The minimum absolute atomic E-state index is 0.103. The molecule has 88 heavy (non-hydrogen) atoms. The summed E-state index contributed by atoms with van der Waals surface area (Å²) in [5.74, 6) is 0.796. The maximum atomic E-state index is 13.0. The average Bonchev–Trinajstić information content (AvgIpc) is 3.36. The summed E-state index contributed by atoms with van der Waals surface area (Å²) < 4.78 is 68.2. The maximum Gasteiger partial charge on any atom is 0.472 e. The SMILES string of the molecule is CCC(C)CCCCCCCCC(=O)OC[C@H](COP(=O)(O)OC[C@@H](O)COP(=O)(O)OC[C@@H](COC(=O)CCCCCCCCC(C)C)OC(=O)CCCCCCCCCCC(C)C)OC(=O)CCCCCCCCCCCCCCCCCC(C)C. The third-order valence-corrected chi connectivity index (χ3v) is 18.1. The average molecular weight is 1300 g/mol. The molecule has 0 aromatic heterocycles. The van der Waals surface area contributed by atoms with E-state index < -0.39 is 97.5 Å². The zero-order chi connectivity index (χ0) is 65.4. The Morgan fingerprint density at radius 1 is 0.318 bits per heavy atom. The van der Waals surface area contributed by atoms with Crippen LogP contribution in [-0.2, 0) is 65.4 Å². The number of ether oxygens (including phenoxy) is 4. The van der Waals surface area contributed by atoms with Gasteiger partial charge in [-0.15, -0.1) is 0 Å². The van der Waals surface area contributed by atoms with Gasteiger partial charge in [0, 0.05) is 25.7 Å². The van der Waals surface area contributed by atoms with E-state index in [0.717, 1.165) is 120 Å². The molecule has 19 heteroatoms. The first-order valence-electron chi connectivity index (χ1n) is 35.7. The minimum atomic E-state index is -4.95. The molecule has 0 saturated carbocycles. The summed E-state index contributed by atoms with van der Waals surface area (Å²) >= 11 is 0. The fraction of sp³-hybridized carbons (Fsp3) is 0.942. The van der Waals surface area contributed by atoms with Gasteiger partial charge in [-0.25, -0.2) is 9.13 Å². The van der Waals surface area contributed by atoms with Crippen LogP contribution >= 0.6 is 15.6 Å². The molecule has 6 atom stereocenters. The Bertz CT molecular complexity index is 1750. The standard InChI is InChI=1S/C69H134O17P2/c1-9-62(8)48-40-32-26-28-34-42-50-67(72)80-56-65(85-68(73)51-43-35-23-18-16-14-12-10-11-13-15-17-21-29-37-45-59(2)3)58-84-88(77,78)82-54-63(70)53-81-87(75,76)83-57-64(55-79-66(71)49-41-33-27-25-31-39-47-61(6)7)86-69(74)52-44-36-24-20-19-22-30-38-46-60(4)5/h59-65,70H,9-58H2,1-8H3,(H,75,76)(H,77,78)/t62?,63-,64+,65+/m0/s1. The Kier molecular flexibility index (Phi) is 57.6. The number of rotatable bonds is 66. The van der Waals surface area contributed by atoms with Gasteiger partial charge in [0.2, 0.25) is 0 Å². The smallest absolute Gasteiger partial charge is 0.462 e. The maximum absolute atomic E-state index is 13.0. The Morgan fingerprint density at radius 2 is 0.545 bits per heavy atom. The molecule has 0 saturated heterocycles. The van der Waals surface area contributed by atoms with Crippen LogP contribution in [0.3, 0.4) is 0 Å². The van der Waals surface area contributed by atoms with Gasteiger partial charge < -0.3 is 33.8 Å². The Balaban J connectivity index is 5.21. The second-order valence-corrected chi connectivity index (χ2v) is 29.5. The van der Waals surface area contributed by atoms with Gasteiger partial charge >= 0.3 is 39.5 Å². The summed E-state index contributed by atoms with van der Waals surface area (Å²) in [6.45, 7) is 14.0. The van der Waals surface area contributed by atoms with Crippen molar-refractivity contribution in [3.63, 3.8) is 0 Å². The largest absolute Gasteiger partial charge is 0.472 e. The van der Waals surface area contributed by atoms with Crippen LogP contribution in [0.2, 0.25) is 0 Å². The molecule has 17 nitrogen and oxygen atoms in total. The highest BCUT2D eigenvalue weighted by molar-refractivity contribution is 7.47. The molecule has 0 aromatic carbocycles. The van der Waals surface area contributed by atoms with Gasteiger partial charge in [0.05, 0.1) is 26.4 Å². The lowest BCUT2D eigenvalue weighted by atomic mass is 10.00. The van der Waals surface area contributed by atoms with Gasteiger partial charge in [-0.2, -0.15) is 0 Å². The second-order valence-electron chi connectivity index (χ2n) is 26.6. The van der Waals surface area contributed by atoms with Crippen molar-refractivity contribution < 1.29 is 80.2 Å². The molecule has 0 bridgehead atoms. The predicted molar refractivity (Wildman–Crippen MR) is 354 cm³/mol. The van der Waals surface area contributed by atoms with Crippen molar-refractivity contribution in [2.45, 2.75) is 356 Å². The van der Waals surface area contributed by atoms with Crippen molar-refractivity contribution in [3.8, 4) is 0 Å². The third-order valence-electron chi connectivity index (χ3n) is 16.2. The van der Waals surface area contributed by atoms with Crippen molar-refractivity contribution in [1.82, 2.24) is 0 Å². The van der Waals surface area contributed by atoms with Crippen LogP contribution in [0.5, 0.6) is 0 Å². The molecule has 0 amide bonds. The molecule has 3 N–H and O–H groups in total. The highest BCUT2D eigenvalue weighted by atomic mass is 31.2. The molecule has 3 unspecified atom stereocenters. The van der Waals surface area contributed by atoms with E-state index in [1.807, 2.05) is 0 Å². The number of hydrogen-bond acceptors (Lipinski definition) is 15. The van der Waals surface area contributed by atoms with Crippen LogP contribution in [0.4, 0.5) is 0 Å². The quantitative estimate of drug-likeness (QED) is 0.0222. The van der Waals surface area contributed by atoms with Crippen LogP contribution in [0, 0.1) is 23.7 Å². The zero-order valence-corrected chi connectivity index (χ0v) is 59.1. The molecular weight excluding hydrogens is 1160 g/mol. The number of hydrogen-bond donors (Lipinski definition) is 3. The summed E-state index contributed by atoms with van der Waals surface area (Å²) in [5, 5.41) is 10.6. The molecule has 0 heterocycles. The molecule has 0 aromatic rings. The molecule has 0 aliphatic rings. The first-order chi connectivity index (χ1) is 42.1. The predicted octanol–water partition coefficient (Wildman–Crippen LogP) is 19.3. The van der Waals surface area contributed by atoms with Crippen molar-refractivity contribution in [2.24, 2.45) is 23.7 Å². The van der Waals surface area contributed by atoms with Gasteiger partial charge in [-0.1, -0.05) is 287 Å². The second kappa shape index (κ2) is 58.8. The normalized spacial score (nSPS) is 14.6. The molecule has 522 valence electrons. The lowest BCUT2D eigenvalue weighted by Crippen LogP contribution is -2.30. The molecule has 0 spiro atoms. The summed E-state index contributed by atoms with van der Waals surface area (Å²) in [7, 11) is -9.90. The number of carbonyl (C=O) groups is 4. The van der Waals surface area contributed by atoms with E-state index in [0.29, 0.717) is 31.6 Å². The number of esters is 4. The summed E-state index contributed by atoms with van der Waals surface area (Å²) in [4.78, 5) is 72.4. The summed E-state index contributed by atoms with van der Waals surface area (Å²) in [6, 6.07) is 0. The number of aliphatic hydroxyl groups excluding tert-OH is 1. The third kappa shape index (κ3) is 61.6. The van der Waals surface area contributed by atoms with Crippen LogP contribution in [0.25, 0.3) is 0 Å². The Hall–Kier alpha value is -1.94. The van der Waals surface area contributed by atoms with E-state index in [9.17, 15) is 43.2 Å². The zero-order valence-electron chi connectivity index (χ0n) is 57.3. The lowest BCUT2D eigenvalue weighted by molar-refractivity contribution is -0.161.